The number of hydrogen-bond donors (Lipinski definition) is 1. The SMILES string of the molecule is N#Cc1ccc(Oc2cc(Oc3ccc(C#N)c(C#N)c3)cc(C(=O)O)c2)cc1C#N. The smallest absolute Gasteiger partial charge is 0.335 e. The molecule has 0 saturated carbocycles. The summed E-state index contributed by atoms with van der Waals surface area (Å²) in [7, 11) is 0. The van der Waals surface area contributed by atoms with Gasteiger partial charge >= 0.3 is 5.97 Å². The Hall–Kier alpha value is -5.31. The van der Waals surface area contributed by atoms with Crippen LogP contribution in [0.25, 0.3) is 0 Å². The lowest BCUT2D eigenvalue weighted by Crippen LogP contribution is -1.98. The van der Waals surface area contributed by atoms with Gasteiger partial charge in [0, 0.05) is 6.07 Å². The average molecular weight is 406 g/mol. The lowest BCUT2D eigenvalue weighted by atomic mass is 10.1. The Morgan fingerprint density at radius 2 is 1.03 bits per heavy atom. The van der Waals surface area contributed by atoms with Crippen LogP contribution in [-0.2, 0) is 0 Å². The first-order valence-corrected chi connectivity index (χ1v) is 8.60. The topological polar surface area (TPSA) is 151 Å². The fourth-order valence-corrected chi connectivity index (χ4v) is 2.64. The highest BCUT2D eigenvalue weighted by Crippen LogP contribution is 2.31. The van der Waals surface area contributed by atoms with Crippen molar-refractivity contribution in [2.75, 3.05) is 0 Å². The Morgan fingerprint density at radius 1 is 0.613 bits per heavy atom. The van der Waals surface area contributed by atoms with Gasteiger partial charge in [0.05, 0.1) is 27.8 Å². The third kappa shape index (κ3) is 4.58. The van der Waals surface area contributed by atoms with Crippen molar-refractivity contribution >= 4 is 5.97 Å². The lowest BCUT2D eigenvalue weighted by molar-refractivity contribution is 0.0696. The molecule has 0 aliphatic rings. The van der Waals surface area contributed by atoms with Crippen molar-refractivity contribution in [2.45, 2.75) is 0 Å². The number of aromatic carboxylic acids is 1. The average Bonchev–Trinajstić information content (AvgIpc) is 2.78. The first-order chi connectivity index (χ1) is 15.0. The van der Waals surface area contributed by atoms with Crippen LogP contribution in [0, 0.1) is 45.3 Å². The van der Waals surface area contributed by atoms with Crippen LogP contribution in [0.15, 0.2) is 54.6 Å². The van der Waals surface area contributed by atoms with Crippen molar-refractivity contribution in [3.05, 3.63) is 82.4 Å². The third-order valence-electron chi connectivity index (χ3n) is 4.06. The predicted octanol–water partition coefficient (Wildman–Crippen LogP) is 4.46. The summed E-state index contributed by atoms with van der Waals surface area (Å²) < 4.78 is 11.3. The van der Waals surface area contributed by atoms with E-state index in [2.05, 4.69) is 0 Å². The number of rotatable bonds is 5. The molecule has 0 aliphatic carbocycles. The van der Waals surface area contributed by atoms with Gasteiger partial charge in [-0.2, -0.15) is 21.0 Å². The van der Waals surface area contributed by atoms with Crippen LogP contribution >= 0.6 is 0 Å². The fourth-order valence-electron chi connectivity index (χ4n) is 2.64. The molecule has 0 amide bonds. The summed E-state index contributed by atoms with van der Waals surface area (Å²) in [5.74, 6) is -0.510. The zero-order valence-corrected chi connectivity index (χ0v) is 15.7. The van der Waals surface area contributed by atoms with Crippen LogP contribution in [0.1, 0.15) is 32.6 Å². The number of carbonyl (C=O) groups is 1. The molecule has 0 aromatic heterocycles. The minimum absolute atomic E-state index is 0.115. The van der Waals surface area contributed by atoms with Crippen molar-refractivity contribution in [1.29, 1.82) is 21.0 Å². The highest BCUT2D eigenvalue weighted by Gasteiger charge is 2.12. The van der Waals surface area contributed by atoms with E-state index in [4.69, 9.17) is 30.5 Å². The van der Waals surface area contributed by atoms with Gasteiger partial charge in [0.15, 0.2) is 0 Å². The summed E-state index contributed by atoms with van der Waals surface area (Å²) in [4.78, 5) is 11.5. The minimum atomic E-state index is -1.22. The number of nitriles is 4. The number of benzene rings is 3. The van der Waals surface area contributed by atoms with Gasteiger partial charge in [0.25, 0.3) is 0 Å². The quantitative estimate of drug-likeness (QED) is 0.652. The number of ether oxygens (including phenoxy) is 2. The molecule has 0 atom stereocenters. The Bertz CT molecular complexity index is 1270. The van der Waals surface area contributed by atoms with E-state index in [-0.39, 0.29) is 50.8 Å². The van der Waals surface area contributed by atoms with E-state index in [1.54, 1.807) is 0 Å². The van der Waals surface area contributed by atoms with Crippen LogP contribution in [0.2, 0.25) is 0 Å². The number of hydrogen-bond acceptors (Lipinski definition) is 7. The monoisotopic (exact) mass is 406 g/mol. The maximum Gasteiger partial charge on any atom is 0.335 e. The summed E-state index contributed by atoms with van der Waals surface area (Å²) in [6, 6.07) is 20.1. The van der Waals surface area contributed by atoms with Crippen LogP contribution in [0.4, 0.5) is 0 Å². The van der Waals surface area contributed by atoms with E-state index < -0.39 is 5.97 Å². The second kappa shape index (κ2) is 8.80. The molecular formula is C23H10N4O4. The Kier molecular flexibility index (Phi) is 5.80. The van der Waals surface area contributed by atoms with Crippen molar-refractivity contribution < 1.29 is 19.4 Å². The molecule has 0 radical (unpaired) electrons. The maximum atomic E-state index is 11.5. The van der Waals surface area contributed by atoms with Gasteiger partial charge in [-0.25, -0.2) is 4.79 Å². The molecule has 0 unspecified atom stereocenters. The first-order valence-electron chi connectivity index (χ1n) is 8.60. The van der Waals surface area contributed by atoms with Crippen LogP contribution in [-0.4, -0.2) is 11.1 Å². The standard InChI is InChI=1S/C23H10N4O4/c24-10-14-1-3-19(7-17(14)12-26)30-21-5-16(23(28)29)6-22(9-21)31-20-4-2-15(11-25)18(8-20)13-27/h1-9H,(H,28,29). The zero-order valence-electron chi connectivity index (χ0n) is 15.7. The molecule has 0 bridgehead atoms. The normalized spacial score (nSPS) is 9.42. The summed E-state index contributed by atoms with van der Waals surface area (Å²) in [6.45, 7) is 0. The molecule has 1 N–H and O–H groups in total. The van der Waals surface area contributed by atoms with Gasteiger partial charge in [-0.3, -0.25) is 0 Å². The van der Waals surface area contributed by atoms with E-state index >= 15 is 0 Å². The van der Waals surface area contributed by atoms with Gasteiger partial charge in [-0.05, 0) is 48.5 Å². The molecule has 0 saturated heterocycles. The number of carboxylic acid groups (broad SMARTS) is 1. The van der Waals surface area contributed by atoms with E-state index in [0.717, 1.165) is 0 Å². The van der Waals surface area contributed by atoms with E-state index in [1.165, 1.54) is 54.6 Å². The Balaban J connectivity index is 1.97. The molecule has 3 rings (SSSR count). The summed E-state index contributed by atoms with van der Waals surface area (Å²) in [5.41, 5.74) is 0.496. The van der Waals surface area contributed by atoms with Gasteiger partial charge in [-0.15, -0.1) is 0 Å². The Labute approximate surface area is 176 Å². The van der Waals surface area contributed by atoms with Gasteiger partial charge in [0.1, 0.15) is 47.3 Å². The van der Waals surface area contributed by atoms with Crippen molar-refractivity contribution in [2.24, 2.45) is 0 Å². The van der Waals surface area contributed by atoms with Gasteiger partial charge in [0.2, 0.25) is 0 Å². The van der Waals surface area contributed by atoms with E-state index in [1.807, 2.05) is 24.3 Å². The van der Waals surface area contributed by atoms with Crippen LogP contribution in [0.3, 0.4) is 0 Å². The largest absolute Gasteiger partial charge is 0.478 e. The summed E-state index contributed by atoms with van der Waals surface area (Å²) in [6.07, 6.45) is 0. The molecule has 31 heavy (non-hydrogen) atoms. The molecule has 0 aliphatic heterocycles. The minimum Gasteiger partial charge on any atom is -0.478 e. The molecule has 0 spiro atoms. The number of carboxylic acids is 1. The molecule has 146 valence electrons. The predicted molar refractivity (Wildman–Crippen MR) is 105 cm³/mol. The Morgan fingerprint density at radius 3 is 1.39 bits per heavy atom. The lowest BCUT2D eigenvalue weighted by Gasteiger charge is -2.11. The number of nitrogens with zero attached hydrogens (tertiary/aromatic N) is 4. The highest BCUT2D eigenvalue weighted by atomic mass is 16.5. The van der Waals surface area contributed by atoms with Gasteiger partial charge in [-0.1, -0.05) is 0 Å². The van der Waals surface area contributed by atoms with Crippen molar-refractivity contribution in [3.63, 3.8) is 0 Å². The summed E-state index contributed by atoms with van der Waals surface area (Å²) >= 11 is 0. The second-order valence-electron chi connectivity index (χ2n) is 6.06. The second-order valence-corrected chi connectivity index (χ2v) is 6.06. The fraction of sp³-hybridized carbons (Fsp3) is 0. The van der Waals surface area contributed by atoms with Crippen LogP contribution in [0.5, 0.6) is 23.0 Å². The summed E-state index contributed by atoms with van der Waals surface area (Å²) in [5, 5.41) is 45.7. The molecule has 0 heterocycles. The maximum absolute atomic E-state index is 11.5. The third-order valence-corrected chi connectivity index (χ3v) is 4.06. The van der Waals surface area contributed by atoms with Crippen molar-refractivity contribution in [3.8, 4) is 47.3 Å². The molecule has 3 aromatic rings. The first kappa shape index (κ1) is 20.4. The van der Waals surface area contributed by atoms with Crippen molar-refractivity contribution in [1.82, 2.24) is 0 Å². The molecular weight excluding hydrogens is 396 g/mol. The molecule has 8 heteroatoms. The van der Waals surface area contributed by atoms with E-state index in [9.17, 15) is 9.90 Å². The molecule has 0 fully saturated rings. The van der Waals surface area contributed by atoms with E-state index in [0.29, 0.717) is 0 Å². The molecule has 8 nitrogen and oxygen atoms in total. The highest BCUT2D eigenvalue weighted by molar-refractivity contribution is 5.88. The van der Waals surface area contributed by atoms with Gasteiger partial charge < -0.3 is 14.6 Å². The molecule has 3 aromatic carbocycles. The zero-order chi connectivity index (χ0) is 22.4. The van der Waals surface area contributed by atoms with Crippen LogP contribution < -0.4 is 9.47 Å².